The Morgan fingerprint density at radius 2 is 1.31 bits per heavy atom. The van der Waals surface area contributed by atoms with Crippen LogP contribution in [-0.2, 0) is 9.59 Å². The van der Waals surface area contributed by atoms with Gasteiger partial charge in [0.1, 0.15) is 11.5 Å². The van der Waals surface area contributed by atoms with E-state index in [0.717, 1.165) is 0 Å². The summed E-state index contributed by atoms with van der Waals surface area (Å²) in [7, 11) is 0. The van der Waals surface area contributed by atoms with Crippen molar-refractivity contribution in [1.82, 2.24) is 0 Å². The van der Waals surface area contributed by atoms with Crippen molar-refractivity contribution in [2.75, 3.05) is 23.8 Å². The van der Waals surface area contributed by atoms with E-state index >= 15 is 0 Å². The van der Waals surface area contributed by atoms with Gasteiger partial charge in [-0.2, -0.15) is 0 Å². The van der Waals surface area contributed by atoms with Gasteiger partial charge in [-0.05, 0) is 42.5 Å². The minimum absolute atomic E-state index is 0.119. The van der Waals surface area contributed by atoms with Gasteiger partial charge in [0, 0.05) is 11.4 Å². The molecule has 2 N–H and O–H groups in total. The van der Waals surface area contributed by atoms with E-state index in [0.29, 0.717) is 27.9 Å². The monoisotopic (exact) mass is 410 g/mol. The van der Waals surface area contributed by atoms with Crippen LogP contribution in [0.2, 0.25) is 5.02 Å². The zero-order valence-electron chi connectivity index (χ0n) is 15.4. The van der Waals surface area contributed by atoms with Crippen LogP contribution in [0.15, 0.2) is 78.9 Å². The predicted octanol–water partition coefficient (Wildman–Crippen LogP) is 4.38. The fourth-order valence-corrected chi connectivity index (χ4v) is 2.63. The number of hydrogen-bond donors (Lipinski definition) is 2. The largest absolute Gasteiger partial charge is 0.484 e. The van der Waals surface area contributed by atoms with Crippen molar-refractivity contribution in [1.29, 1.82) is 0 Å². The number of anilines is 2. The van der Waals surface area contributed by atoms with Crippen LogP contribution in [0.1, 0.15) is 0 Å². The van der Waals surface area contributed by atoms with Crippen LogP contribution in [0, 0.1) is 0 Å². The Morgan fingerprint density at radius 1 is 0.724 bits per heavy atom. The molecule has 0 aliphatic carbocycles. The van der Waals surface area contributed by atoms with Crippen molar-refractivity contribution in [3.63, 3.8) is 0 Å². The topological polar surface area (TPSA) is 76.7 Å². The average Bonchev–Trinajstić information content (AvgIpc) is 2.73. The summed E-state index contributed by atoms with van der Waals surface area (Å²) in [6.07, 6.45) is 0. The third kappa shape index (κ3) is 6.55. The molecule has 0 aromatic heterocycles. The number of halogens is 1. The van der Waals surface area contributed by atoms with Gasteiger partial charge in [-0.3, -0.25) is 9.59 Å². The highest BCUT2D eigenvalue weighted by Crippen LogP contribution is 2.23. The van der Waals surface area contributed by atoms with E-state index in [1.54, 1.807) is 60.7 Å². The van der Waals surface area contributed by atoms with Gasteiger partial charge in [0.15, 0.2) is 13.2 Å². The highest BCUT2D eigenvalue weighted by molar-refractivity contribution is 6.32. The van der Waals surface area contributed by atoms with Crippen molar-refractivity contribution in [2.45, 2.75) is 0 Å². The molecule has 29 heavy (non-hydrogen) atoms. The van der Waals surface area contributed by atoms with Crippen LogP contribution in [-0.4, -0.2) is 25.0 Å². The Labute approximate surface area is 173 Å². The lowest BCUT2D eigenvalue weighted by Crippen LogP contribution is -2.21. The van der Waals surface area contributed by atoms with Crippen molar-refractivity contribution in [2.24, 2.45) is 0 Å². The molecule has 0 saturated carbocycles. The molecular weight excluding hydrogens is 392 g/mol. The number of amides is 2. The van der Waals surface area contributed by atoms with E-state index < -0.39 is 0 Å². The summed E-state index contributed by atoms with van der Waals surface area (Å²) < 4.78 is 10.8. The summed E-state index contributed by atoms with van der Waals surface area (Å²) in [6, 6.07) is 22.8. The third-order valence-corrected chi connectivity index (χ3v) is 4.05. The Balaban J connectivity index is 1.49. The quantitative estimate of drug-likeness (QED) is 0.578. The molecule has 0 aliphatic heterocycles. The summed E-state index contributed by atoms with van der Waals surface area (Å²) >= 11 is 5.99. The Bertz CT molecular complexity index is 979. The molecule has 0 radical (unpaired) electrons. The molecule has 6 nitrogen and oxygen atoms in total. The van der Waals surface area contributed by atoms with Gasteiger partial charge >= 0.3 is 0 Å². The molecule has 0 atom stereocenters. The summed E-state index contributed by atoms with van der Waals surface area (Å²) in [4.78, 5) is 24.2. The highest BCUT2D eigenvalue weighted by Gasteiger charge is 2.08. The first kappa shape index (κ1) is 20.2. The maximum absolute atomic E-state index is 12.1. The van der Waals surface area contributed by atoms with Crippen molar-refractivity contribution >= 4 is 34.8 Å². The maximum Gasteiger partial charge on any atom is 0.262 e. The number of hydrogen-bond acceptors (Lipinski definition) is 4. The second-order valence-electron chi connectivity index (χ2n) is 6.00. The molecule has 3 rings (SSSR count). The van der Waals surface area contributed by atoms with Crippen LogP contribution < -0.4 is 20.1 Å². The van der Waals surface area contributed by atoms with Gasteiger partial charge in [-0.25, -0.2) is 0 Å². The molecule has 3 aromatic carbocycles. The molecule has 0 aliphatic rings. The van der Waals surface area contributed by atoms with Gasteiger partial charge in [-0.15, -0.1) is 0 Å². The van der Waals surface area contributed by atoms with E-state index in [1.807, 2.05) is 18.2 Å². The molecular formula is C22H19ClN2O4. The van der Waals surface area contributed by atoms with E-state index in [-0.39, 0.29) is 25.0 Å². The number of benzene rings is 3. The van der Waals surface area contributed by atoms with Gasteiger partial charge in [-0.1, -0.05) is 48.0 Å². The first-order chi connectivity index (χ1) is 14.1. The number of nitrogens with one attached hydrogen (secondary N) is 2. The lowest BCUT2D eigenvalue weighted by atomic mass is 10.2. The predicted molar refractivity (Wildman–Crippen MR) is 113 cm³/mol. The molecule has 7 heteroatoms. The number of rotatable bonds is 8. The first-order valence-electron chi connectivity index (χ1n) is 8.85. The summed E-state index contributed by atoms with van der Waals surface area (Å²) in [5.41, 5.74) is 1.07. The SMILES string of the molecule is O=C(COc1ccccc1)Nc1cccc(NC(=O)COc2ccccc2Cl)c1. The number of carbonyl (C=O) groups excluding carboxylic acids is 2. The van der Waals surface area contributed by atoms with Gasteiger partial charge in [0.2, 0.25) is 0 Å². The van der Waals surface area contributed by atoms with E-state index in [4.69, 9.17) is 21.1 Å². The molecule has 148 valence electrons. The molecule has 3 aromatic rings. The Kier molecular flexibility index (Phi) is 7.08. The lowest BCUT2D eigenvalue weighted by molar-refractivity contribution is -0.118. The van der Waals surface area contributed by atoms with Crippen LogP contribution in [0.5, 0.6) is 11.5 Å². The van der Waals surface area contributed by atoms with Crippen molar-refractivity contribution in [3.8, 4) is 11.5 Å². The fraction of sp³-hybridized carbons (Fsp3) is 0.0909. The van der Waals surface area contributed by atoms with Gasteiger partial charge in [0.25, 0.3) is 11.8 Å². The molecule has 0 spiro atoms. The minimum Gasteiger partial charge on any atom is -0.484 e. The summed E-state index contributed by atoms with van der Waals surface area (Å²) in [6.45, 7) is -0.308. The zero-order chi connectivity index (χ0) is 20.5. The summed E-state index contributed by atoms with van der Waals surface area (Å²) in [5, 5.41) is 5.87. The number of carbonyl (C=O) groups is 2. The third-order valence-electron chi connectivity index (χ3n) is 3.74. The molecule has 0 bridgehead atoms. The standard InChI is InChI=1S/C22H19ClN2O4/c23-19-11-4-5-12-20(19)29-15-22(27)25-17-8-6-7-16(13-17)24-21(26)14-28-18-9-2-1-3-10-18/h1-13H,14-15H2,(H,24,26)(H,25,27). The molecule has 2 amide bonds. The van der Waals surface area contributed by atoms with Crippen LogP contribution >= 0.6 is 11.6 Å². The van der Waals surface area contributed by atoms with Gasteiger partial charge in [0.05, 0.1) is 5.02 Å². The summed E-state index contributed by atoms with van der Waals surface area (Å²) in [5.74, 6) is 0.395. The lowest BCUT2D eigenvalue weighted by Gasteiger charge is -2.11. The second-order valence-corrected chi connectivity index (χ2v) is 6.41. The molecule has 0 fully saturated rings. The normalized spacial score (nSPS) is 10.1. The van der Waals surface area contributed by atoms with E-state index in [2.05, 4.69) is 10.6 Å². The molecule has 0 unspecified atom stereocenters. The highest BCUT2D eigenvalue weighted by atomic mass is 35.5. The van der Waals surface area contributed by atoms with Crippen molar-refractivity contribution < 1.29 is 19.1 Å². The zero-order valence-corrected chi connectivity index (χ0v) is 16.2. The number of ether oxygens (including phenoxy) is 2. The molecule has 0 heterocycles. The van der Waals surface area contributed by atoms with E-state index in [9.17, 15) is 9.59 Å². The van der Waals surface area contributed by atoms with Gasteiger partial charge < -0.3 is 20.1 Å². The first-order valence-corrected chi connectivity index (χ1v) is 9.23. The maximum atomic E-state index is 12.1. The molecule has 0 saturated heterocycles. The number of para-hydroxylation sites is 2. The minimum atomic E-state index is -0.346. The Morgan fingerprint density at radius 3 is 1.97 bits per heavy atom. The average molecular weight is 411 g/mol. The van der Waals surface area contributed by atoms with Crippen molar-refractivity contribution in [3.05, 3.63) is 83.9 Å². The van der Waals surface area contributed by atoms with Crippen LogP contribution in [0.4, 0.5) is 11.4 Å². The Hall–Kier alpha value is -3.51. The fourth-order valence-electron chi connectivity index (χ4n) is 2.44. The second kappa shape index (κ2) is 10.1. The van der Waals surface area contributed by atoms with Crippen LogP contribution in [0.25, 0.3) is 0 Å². The van der Waals surface area contributed by atoms with Crippen LogP contribution in [0.3, 0.4) is 0 Å². The smallest absolute Gasteiger partial charge is 0.262 e. The van der Waals surface area contributed by atoms with E-state index in [1.165, 1.54) is 0 Å².